The molecule has 9 rings (SSSR count). The summed E-state index contributed by atoms with van der Waals surface area (Å²) in [6.45, 7) is 6.34. The number of carbonyl (C=O) groups is 10. The number of rotatable bonds is 21. The van der Waals surface area contributed by atoms with Crippen molar-refractivity contribution in [2.75, 3.05) is 44.2 Å². The van der Waals surface area contributed by atoms with Gasteiger partial charge in [0.15, 0.2) is 0 Å². The molecule has 478 valence electrons. The Bertz CT molecular complexity index is 3500. The average molecular weight is 1280 g/mol. The molecule has 5 aliphatic rings. The van der Waals surface area contributed by atoms with Crippen LogP contribution in [0.4, 0.5) is 23.2 Å². The van der Waals surface area contributed by atoms with Crippen LogP contribution in [0.2, 0.25) is 0 Å². The molecule has 0 saturated carbocycles. The lowest BCUT2D eigenvalue weighted by Gasteiger charge is -2.38. The van der Waals surface area contributed by atoms with E-state index in [1.165, 1.54) is 15.9 Å². The predicted molar refractivity (Wildman–Crippen MR) is 317 cm³/mol. The van der Waals surface area contributed by atoms with E-state index in [-0.39, 0.29) is 102 Å². The highest BCUT2D eigenvalue weighted by molar-refractivity contribution is 7.52. The number of imide groups is 2. The topological polar surface area (TPSA) is 327 Å². The van der Waals surface area contributed by atoms with Crippen LogP contribution in [-0.4, -0.2) is 166 Å². The van der Waals surface area contributed by atoms with Gasteiger partial charge in [0.25, 0.3) is 24.1 Å². The third-order valence-corrected chi connectivity index (χ3v) is 19.3. The number of anilines is 1. The zero-order valence-corrected chi connectivity index (χ0v) is 50.8. The maximum atomic E-state index is 14.7. The normalized spacial score (nSPS) is 21.2. The zero-order chi connectivity index (χ0) is 64.4. The summed E-state index contributed by atoms with van der Waals surface area (Å²) in [6.07, 6.45) is -1.12. The number of piperidine rings is 2. The molecule has 0 spiro atoms. The molecule has 6 atom stereocenters. The molecular weight excluding hydrogens is 1210 g/mol. The van der Waals surface area contributed by atoms with Gasteiger partial charge in [-0.1, -0.05) is 51.1 Å². The molecule has 5 aliphatic heterocycles. The summed E-state index contributed by atoms with van der Waals surface area (Å²) in [4.78, 5) is 159. The SMILES string of the molecule is CC(C)(C)c1ccc(C[C@H](NC(=O)[C@H](CCC(N)=O)NC(=O)[C@@H]2CC[C@@H]3CCN(CC(F)F)C[C@H](NC(=O)c4cc5cc(C(F)(F)P(=O)(O)O)ccc5s4)C(=O)N32)C(=O)NCCC2CCN(c3ccc4c(c3)C(=O)N(C3CCC(=O)NC3=O)C4=O)CC2)cc1. The van der Waals surface area contributed by atoms with Crippen molar-refractivity contribution in [3.05, 3.63) is 99.4 Å². The van der Waals surface area contributed by atoms with Crippen molar-refractivity contribution in [1.82, 2.24) is 41.3 Å². The van der Waals surface area contributed by atoms with E-state index in [0.717, 1.165) is 40.0 Å². The van der Waals surface area contributed by atoms with Crippen molar-refractivity contribution in [2.45, 2.75) is 145 Å². The number of benzene rings is 3. The van der Waals surface area contributed by atoms with Crippen LogP contribution in [0.15, 0.2) is 66.7 Å². The first-order valence-corrected chi connectivity index (χ1v) is 31.9. The van der Waals surface area contributed by atoms with Gasteiger partial charge in [0, 0.05) is 74.0 Å². The standard InChI is InChI=1S/C60H71F4N10O13PS/c1-59(2,3)35-6-4-33(5-7-35)26-42(51(77)66-22-18-32-19-24-72(25-20-32)38-9-11-39-40(29-38)57(83)74(56(39)82)45-14-17-50(76)70-54(45)80)68-52(78)41(12-16-49(65)75)67-53(79)44-13-10-37-21-23-71(31-48(61)62)30-43(58(84)73(37)44)69-55(81)47-28-34-27-36(8-15-46(34)89-47)60(63,64)88(85,86)87/h4-9,11,15,27-29,32,37,41-45,48H,10,12-14,16-26,30-31H2,1-3H3,(H2,65,75)(H,66,77)(H,67,79)(H,68,78)(H,69,81)(H,70,76,80)(H2,85,86,87)/t37-,41+,42+,43+,44+,45?/m1/s1. The lowest BCUT2D eigenvalue weighted by molar-refractivity contribution is -0.144. The number of halogens is 4. The van der Waals surface area contributed by atoms with Gasteiger partial charge < -0.3 is 46.6 Å². The number of amides is 10. The Morgan fingerprint density at radius 3 is 2.17 bits per heavy atom. The first-order valence-electron chi connectivity index (χ1n) is 29.4. The molecule has 29 heteroatoms. The molecule has 89 heavy (non-hydrogen) atoms. The highest BCUT2D eigenvalue weighted by Gasteiger charge is 2.51. The second-order valence-corrected chi connectivity index (χ2v) is 27.1. The fraction of sp³-hybridized carbons (Fsp3) is 0.500. The van der Waals surface area contributed by atoms with Gasteiger partial charge in [-0.05, 0) is 116 Å². The summed E-state index contributed by atoms with van der Waals surface area (Å²) in [5.74, 6) is -6.98. The summed E-state index contributed by atoms with van der Waals surface area (Å²) >= 11 is 0.807. The molecule has 3 aromatic carbocycles. The van der Waals surface area contributed by atoms with E-state index in [1.807, 2.05) is 45.0 Å². The number of alkyl halides is 4. The van der Waals surface area contributed by atoms with Crippen molar-refractivity contribution in [2.24, 2.45) is 11.7 Å². The third-order valence-electron chi connectivity index (χ3n) is 17.2. The zero-order valence-electron chi connectivity index (χ0n) is 49.1. The lowest BCUT2D eigenvalue weighted by Crippen LogP contribution is -2.62. The van der Waals surface area contributed by atoms with Gasteiger partial charge in [0.2, 0.25) is 41.4 Å². The van der Waals surface area contributed by atoms with Crippen molar-refractivity contribution in [3.63, 3.8) is 0 Å². The van der Waals surface area contributed by atoms with Gasteiger partial charge in [0.1, 0.15) is 30.2 Å². The first kappa shape index (κ1) is 65.8. The van der Waals surface area contributed by atoms with Crippen LogP contribution in [0.1, 0.15) is 132 Å². The summed E-state index contributed by atoms with van der Waals surface area (Å²) < 4.78 is 69.0. The van der Waals surface area contributed by atoms with E-state index in [2.05, 4.69) is 31.5 Å². The van der Waals surface area contributed by atoms with Gasteiger partial charge in [0.05, 0.1) is 22.5 Å². The molecule has 1 unspecified atom stereocenters. The molecule has 0 aliphatic carbocycles. The maximum Gasteiger partial charge on any atom is 0.399 e. The van der Waals surface area contributed by atoms with Crippen LogP contribution in [0.3, 0.4) is 0 Å². The number of nitrogens with zero attached hydrogens (tertiary/aromatic N) is 4. The van der Waals surface area contributed by atoms with Gasteiger partial charge in [-0.25, -0.2) is 8.78 Å². The van der Waals surface area contributed by atoms with Crippen LogP contribution >= 0.6 is 18.9 Å². The molecule has 4 aromatic rings. The largest absolute Gasteiger partial charge is 0.399 e. The minimum absolute atomic E-state index is 0.000999. The van der Waals surface area contributed by atoms with Crippen molar-refractivity contribution < 1.29 is 79.9 Å². The molecule has 6 heterocycles. The average Bonchev–Trinajstić information content (AvgIpc) is 1.81. The predicted octanol–water partition coefficient (Wildman–Crippen LogP) is 4.16. The molecule has 0 radical (unpaired) electrons. The molecule has 4 saturated heterocycles. The van der Waals surface area contributed by atoms with Crippen molar-refractivity contribution in [1.29, 1.82) is 0 Å². The summed E-state index contributed by atoms with van der Waals surface area (Å²) in [5.41, 5.74) is 2.56. The Morgan fingerprint density at radius 2 is 1.51 bits per heavy atom. The van der Waals surface area contributed by atoms with Crippen LogP contribution in [0.5, 0.6) is 0 Å². The van der Waals surface area contributed by atoms with Gasteiger partial charge in [-0.15, -0.1) is 11.3 Å². The van der Waals surface area contributed by atoms with E-state index in [9.17, 15) is 79.9 Å². The quantitative estimate of drug-likeness (QED) is 0.0330. The van der Waals surface area contributed by atoms with Crippen LogP contribution < -0.4 is 37.2 Å². The highest BCUT2D eigenvalue weighted by Crippen LogP contribution is 2.59. The van der Waals surface area contributed by atoms with E-state index in [1.54, 1.807) is 18.2 Å². The van der Waals surface area contributed by atoms with E-state index >= 15 is 0 Å². The molecule has 23 nitrogen and oxygen atoms in total. The molecule has 1 aromatic heterocycles. The maximum absolute atomic E-state index is 14.7. The minimum Gasteiger partial charge on any atom is -0.371 e. The second-order valence-electron chi connectivity index (χ2n) is 24.4. The first-order chi connectivity index (χ1) is 42.0. The van der Waals surface area contributed by atoms with E-state index < -0.39 is 134 Å². The smallest absolute Gasteiger partial charge is 0.371 e. The minimum atomic E-state index is -5.94. The molecule has 9 N–H and O–H groups in total. The number of fused-ring (bicyclic) bond motifs is 3. The van der Waals surface area contributed by atoms with Crippen molar-refractivity contribution in [3.8, 4) is 0 Å². The Labute approximate surface area is 513 Å². The third kappa shape index (κ3) is 15.0. The Hall–Kier alpha value is -7.65. The summed E-state index contributed by atoms with van der Waals surface area (Å²) in [7, 11) is -5.94. The Kier molecular flexibility index (Phi) is 19.8. The molecule has 0 bridgehead atoms. The van der Waals surface area contributed by atoms with E-state index in [4.69, 9.17) is 5.73 Å². The molecule has 10 amide bonds. The number of nitrogens with two attached hydrogens (primary N) is 1. The Balaban J connectivity index is 0.863. The van der Waals surface area contributed by atoms with Crippen molar-refractivity contribution >= 4 is 93.8 Å². The summed E-state index contributed by atoms with van der Waals surface area (Å²) in [6, 6.07) is 9.11. The number of nitrogens with one attached hydrogen (secondary N) is 5. The molecule has 4 fully saturated rings. The second kappa shape index (κ2) is 26.8. The van der Waals surface area contributed by atoms with Gasteiger partial charge in [-0.3, -0.25) is 67.6 Å². The fourth-order valence-corrected chi connectivity index (χ4v) is 13.7. The summed E-state index contributed by atoms with van der Waals surface area (Å²) in [5, 5.41) is 13.2. The van der Waals surface area contributed by atoms with Crippen LogP contribution in [0, 0.1) is 5.92 Å². The number of hydrogen-bond donors (Lipinski definition) is 8. The van der Waals surface area contributed by atoms with Gasteiger partial charge >= 0.3 is 13.3 Å². The van der Waals surface area contributed by atoms with Crippen LogP contribution in [-0.2, 0) is 55.6 Å². The van der Waals surface area contributed by atoms with E-state index in [0.29, 0.717) is 43.6 Å². The number of carbonyl (C=O) groups excluding carboxylic acids is 10. The fourth-order valence-electron chi connectivity index (χ4n) is 12.2. The molecular formula is C60H71F4N10O13PS. The number of hydrogen-bond acceptors (Lipinski definition) is 14. The van der Waals surface area contributed by atoms with Crippen LogP contribution in [0.25, 0.3) is 10.1 Å². The monoisotopic (exact) mass is 1280 g/mol. The Morgan fingerprint density at radius 1 is 0.809 bits per heavy atom. The van der Waals surface area contributed by atoms with Gasteiger partial charge in [-0.2, -0.15) is 8.78 Å². The number of primary amides is 1. The lowest BCUT2D eigenvalue weighted by atomic mass is 9.86. The number of thiophene rings is 1. The highest BCUT2D eigenvalue weighted by atomic mass is 32.1.